The quantitative estimate of drug-likeness (QED) is 0.858. The topological polar surface area (TPSA) is 24.9 Å². The van der Waals surface area contributed by atoms with Gasteiger partial charge in [0.1, 0.15) is 11.5 Å². The van der Waals surface area contributed by atoms with Crippen molar-refractivity contribution in [2.24, 2.45) is 0 Å². The van der Waals surface area contributed by atoms with Gasteiger partial charge in [0.15, 0.2) is 0 Å². The Morgan fingerprint density at radius 2 is 1.87 bits per heavy atom. The summed E-state index contributed by atoms with van der Waals surface area (Å²) in [7, 11) is 0. The zero-order valence-electron chi connectivity index (χ0n) is 8.30. The summed E-state index contributed by atoms with van der Waals surface area (Å²) in [6, 6.07) is 3.85. The van der Waals surface area contributed by atoms with Crippen molar-refractivity contribution in [1.29, 1.82) is 0 Å². The normalized spacial score (nSPS) is 11.1. The van der Waals surface area contributed by atoms with Crippen LogP contribution in [0, 0.1) is 0 Å². The number of halogens is 4. The van der Waals surface area contributed by atoms with Crippen molar-refractivity contribution in [3.05, 3.63) is 23.9 Å². The number of nitrogens with zero attached hydrogens (tertiary/aromatic N) is 1. The van der Waals surface area contributed by atoms with Gasteiger partial charge in [0.2, 0.25) is 0 Å². The molecule has 0 unspecified atom stereocenters. The maximum absolute atomic E-state index is 12.2. The van der Waals surface area contributed by atoms with Gasteiger partial charge < -0.3 is 5.32 Å². The van der Waals surface area contributed by atoms with Gasteiger partial charge in [0.05, 0.1) is 0 Å². The molecule has 0 saturated carbocycles. The van der Waals surface area contributed by atoms with Crippen LogP contribution in [0.5, 0.6) is 0 Å². The number of hydrogen-bond donors (Lipinski definition) is 1. The maximum atomic E-state index is 12.2. The lowest BCUT2D eigenvalue weighted by Gasteiger charge is -2.11. The Kier molecular flexibility index (Phi) is 4.87. The second-order valence-corrected chi connectivity index (χ2v) is 3.20. The Balaban J connectivity index is 0.00000196. The molecule has 1 rings (SSSR count). The van der Waals surface area contributed by atoms with Crippen molar-refractivity contribution < 1.29 is 13.2 Å². The fourth-order valence-electron chi connectivity index (χ4n) is 0.969. The fraction of sp³-hybridized carbons (Fsp3) is 0.444. The van der Waals surface area contributed by atoms with Crippen LogP contribution in [0.3, 0.4) is 0 Å². The smallest absolute Gasteiger partial charge is 0.368 e. The summed E-state index contributed by atoms with van der Waals surface area (Å²) in [5.41, 5.74) is -0.872. The van der Waals surface area contributed by atoms with E-state index in [1.807, 2.05) is 13.8 Å². The highest BCUT2D eigenvalue weighted by molar-refractivity contribution is 5.85. The zero-order chi connectivity index (χ0) is 10.8. The standard InChI is InChI=1S/C9H11F3N2.ClH/c1-6(2)13-8-5-3-4-7(14-8)9(10,11)12;/h3-6H,1-2H3,(H,13,14);1H. The van der Waals surface area contributed by atoms with E-state index in [1.165, 1.54) is 12.1 Å². The first-order valence-corrected chi connectivity index (χ1v) is 4.20. The lowest BCUT2D eigenvalue weighted by molar-refractivity contribution is -0.141. The Hall–Kier alpha value is -0.970. The molecule has 0 atom stereocenters. The van der Waals surface area contributed by atoms with Gasteiger partial charge in [-0.15, -0.1) is 12.4 Å². The molecule has 0 bridgehead atoms. The van der Waals surface area contributed by atoms with Crippen LogP contribution in [0.4, 0.5) is 19.0 Å². The van der Waals surface area contributed by atoms with Crippen LogP contribution in [-0.2, 0) is 6.18 Å². The molecule has 6 heteroatoms. The molecule has 1 aromatic heterocycles. The minimum Gasteiger partial charge on any atom is -0.368 e. The number of rotatable bonds is 2. The van der Waals surface area contributed by atoms with Crippen LogP contribution in [-0.4, -0.2) is 11.0 Å². The number of anilines is 1. The molecule has 0 aliphatic carbocycles. The minimum atomic E-state index is -4.38. The highest BCUT2D eigenvalue weighted by atomic mass is 35.5. The van der Waals surface area contributed by atoms with Crippen molar-refractivity contribution in [3.8, 4) is 0 Å². The maximum Gasteiger partial charge on any atom is 0.433 e. The van der Waals surface area contributed by atoms with E-state index in [1.54, 1.807) is 0 Å². The third kappa shape index (κ3) is 4.38. The summed E-state index contributed by atoms with van der Waals surface area (Å²) in [6.07, 6.45) is -4.38. The van der Waals surface area contributed by atoms with E-state index in [-0.39, 0.29) is 24.3 Å². The summed E-state index contributed by atoms with van der Waals surface area (Å²) in [6.45, 7) is 3.67. The highest BCUT2D eigenvalue weighted by Gasteiger charge is 2.32. The first-order chi connectivity index (χ1) is 6.39. The second-order valence-electron chi connectivity index (χ2n) is 3.20. The zero-order valence-corrected chi connectivity index (χ0v) is 9.12. The third-order valence-corrected chi connectivity index (χ3v) is 1.48. The molecule has 0 fully saturated rings. The fourth-order valence-corrected chi connectivity index (χ4v) is 0.969. The molecule has 0 radical (unpaired) electrons. The first kappa shape index (κ1) is 14.0. The van der Waals surface area contributed by atoms with Crippen molar-refractivity contribution in [2.75, 3.05) is 5.32 Å². The van der Waals surface area contributed by atoms with Gasteiger partial charge in [-0.05, 0) is 26.0 Å². The average Bonchev–Trinajstić information content (AvgIpc) is 2.01. The lowest BCUT2D eigenvalue weighted by Crippen LogP contribution is -2.14. The summed E-state index contributed by atoms with van der Waals surface area (Å²) in [4.78, 5) is 3.45. The van der Waals surface area contributed by atoms with Gasteiger partial charge in [-0.2, -0.15) is 13.2 Å². The predicted molar refractivity (Wildman–Crippen MR) is 55.2 cm³/mol. The number of nitrogens with one attached hydrogen (secondary N) is 1. The number of aromatic nitrogens is 1. The number of alkyl halides is 3. The monoisotopic (exact) mass is 240 g/mol. The Morgan fingerprint density at radius 1 is 1.27 bits per heavy atom. The molecule has 0 aliphatic heterocycles. The molecule has 1 aromatic rings. The van der Waals surface area contributed by atoms with E-state index in [0.29, 0.717) is 0 Å². The van der Waals surface area contributed by atoms with Crippen LogP contribution < -0.4 is 5.32 Å². The van der Waals surface area contributed by atoms with Crippen molar-refractivity contribution in [1.82, 2.24) is 4.98 Å². The van der Waals surface area contributed by atoms with E-state index in [9.17, 15) is 13.2 Å². The minimum absolute atomic E-state index is 0. The third-order valence-electron chi connectivity index (χ3n) is 1.48. The Morgan fingerprint density at radius 3 is 2.33 bits per heavy atom. The molecule has 1 N–H and O–H groups in total. The summed E-state index contributed by atoms with van der Waals surface area (Å²) < 4.78 is 36.6. The van der Waals surface area contributed by atoms with Gasteiger partial charge in [0.25, 0.3) is 0 Å². The highest BCUT2D eigenvalue weighted by Crippen LogP contribution is 2.28. The predicted octanol–water partition coefficient (Wildman–Crippen LogP) is 3.34. The van der Waals surface area contributed by atoms with E-state index in [2.05, 4.69) is 10.3 Å². The van der Waals surface area contributed by atoms with Gasteiger partial charge in [-0.25, -0.2) is 4.98 Å². The average molecular weight is 241 g/mol. The lowest BCUT2D eigenvalue weighted by atomic mass is 10.3. The summed E-state index contributed by atoms with van der Waals surface area (Å²) in [5, 5.41) is 2.81. The first-order valence-electron chi connectivity index (χ1n) is 4.20. The van der Waals surface area contributed by atoms with Gasteiger partial charge >= 0.3 is 6.18 Å². The molecule has 0 amide bonds. The van der Waals surface area contributed by atoms with Gasteiger partial charge in [-0.1, -0.05) is 6.07 Å². The van der Waals surface area contributed by atoms with Crippen LogP contribution in [0.2, 0.25) is 0 Å². The molecule has 1 heterocycles. The summed E-state index contributed by atoms with van der Waals surface area (Å²) >= 11 is 0. The van der Waals surface area contributed by atoms with Crippen molar-refractivity contribution in [3.63, 3.8) is 0 Å². The largest absolute Gasteiger partial charge is 0.433 e. The molecule has 0 saturated heterocycles. The molecule has 0 spiro atoms. The van der Waals surface area contributed by atoms with Gasteiger partial charge in [0, 0.05) is 6.04 Å². The van der Waals surface area contributed by atoms with Crippen molar-refractivity contribution >= 4 is 18.2 Å². The molecule has 15 heavy (non-hydrogen) atoms. The van der Waals surface area contributed by atoms with Crippen molar-refractivity contribution in [2.45, 2.75) is 26.1 Å². The second kappa shape index (κ2) is 5.21. The molecule has 86 valence electrons. The Labute approximate surface area is 92.3 Å². The summed E-state index contributed by atoms with van der Waals surface area (Å²) in [5.74, 6) is 0.245. The van der Waals surface area contributed by atoms with Crippen LogP contribution in [0.15, 0.2) is 18.2 Å². The SMILES string of the molecule is CC(C)Nc1cccc(C(F)(F)F)n1.Cl. The molecule has 0 aromatic carbocycles. The van der Waals surface area contributed by atoms with E-state index >= 15 is 0 Å². The van der Waals surface area contributed by atoms with Crippen LogP contribution >= 0.6 is 12.4 Å². The van der Waals surface area contributed by atoms with Crippen LogP contribution in [0.25, 0.3) is 0 Å². The molecular formula is C9H12ClF3N2. The van der Waals surface area contributed by atoms with E-state index < -0.39 is 11.9 Å². The van der Waals surface area contributed by atoms with E-state index in [4.69, 9.17) is 0 Å². The van der Waals surface area contributed by atoms with Crippen LogP contribution in [0.1, 0.15) is 19.5 Å². The molecular weight excluding hydrogens is 229 g/mol. The Bertz CT molecular complexity index is 312. The van der Waals surface area contributed by atoms with E-state index in [0.717, 1.165) is 6.07 Å². The number of pyridine rings is 1. The van der Waals surface area contributed by atoms with Gasteiger partial charge in [-0.3, -0.25) is 0 Å². The molecule has 0 aliphatic rings. The molecule has 2 nitrogen and oxygen atoms in total. The number of hydrogen-bond acceptors (Lipinski definition) is 2.